The fourth-order valence-electron chi connectivity index (χ4n) is 3.28. The number of nitriles is 1. The zero-order valence-corrected chi connectivity index (χ0v) is 16.3. The van der Waals surface area contributed by atoms with E-state index in [1.807, 2.05) is 6.07 Å². The van der Waals surface area contributed by atoms with E-state index in [1.165, 1.54) is 6.92 Å². The van der Waals surface area contributed by atoms with Crippen molar-refractivity contribution in [2.24, 2.45) is 0 Å². The lowest BCUT2D eigenvalue weighted by molar-refractivity contribution is -0.132. The predicted octanol–water partition coefficient (Wildman–Crippen LogP) is 2.36. The number of hydrogen-bond acceptors (Lipinski definition) is 5. The van der Waals surface area contributed by atoms with Crippen molar-refractivity contribution < 1.29 is 19.1 Å². The molecule has 1 aromatic rings. The van der Waals surface area contributed by atoms with Crippen molar-refractivity contribution in [3.8, 4) is 6.07 Å². The van der Waals surface area contributed by atoms with E-state index in [1.54, 1.807) is 41.0 Å². The Hall–Kier alpha value is -3.08. The number of likely N-dealkylation sites (tertiary alicyclic amines) is 1. The van der Waals surface area contributed by atoms with Crippen LogP contribution in [0.2, 0.25) is 0 Å². The van der Waals surface area contributed by atoms with Crippen LogP contribution in [0.4, 0.5) is 10.5 Å². The maximum atomic E-state index is 12.2. The predicted molar refractivity (Wildman–Crippen MR) is 103 cm³/mol. The van der Waals surface area contributed by atoms with Gasteiger partial charge < -0.3 is 19.9 Å². The van der Waals surface area contributed by atoms with Crippen LogP contribution in [-0.2, 0) is 14.3 Å². The van der Waals surface area contributed by atoms with Gasteiger partial charge in [0, 0.05) is 44.7 Å². The largest absolute Gasteiger partial charge is 0.450 e. The second-order valence-electron chi connectivity index (χ2n) is 6.62. The number of rotatable bonds is 6. The van der Waals surface area contributed by atoms with Crippen molar-refractivity contribution in [1.29, 1.82) is 5.26 Å². The normalized spacial score (nSPS) is 14.1. The second kappa shape index (κ2) is 10.3. The van der Waals surface area contributed by atoms with Crippen LogP contribution in [-0.4, -0.2) is 60.0 Å². The molecule has 0 saturated carbocycles. The van der Waals surface area contributed by atoms with Crippen LogP contribution < -0.4 is 5.32 Å². The van der Waals surface area contributed by atoms with Gasteiger partial charge in [0.2, 0.25) is 11.8 Å². The van der Waals surface area contributed by atoms with Gasteiger partial charge in [0.05, 0.1) is 18.2 Å². The molecular formula is C20H26N4O4. The molecule has 0 radical (unpaired) electrons. The van der Waals surface area contributed by atoms with Crippen LogP contribution in [0.15, 0.2) is 24.3 Å². The molecule has 28 heavy (non-hydrogen) atoms. The third kappa shape index (κ3) is 5.98. The Kier molecular flexibility index (Phi) is 7.81. The van der Waals surface area contributed by atoms with E-state index < -0.39 is 0 Å². The van der Waals surface area contributed by atoms with Gasteiger partial charge in [-0.25, -0.2) is 4.79 Å². The van der Waals surface area contributed by atoms with Gasteiger partial charge in [0.25, 0.3) is 0 Å². The molecular weight excluding hydrogens is 360 g/mol. The number of piperidine rings is 1. The Labute approximate surface area is 165 Å². The van der Waals surface area contributed by atoms with Gasteiger partial charge in [-0.1, -0.05) is 6.07 Å². The molecule has 0 aliphatic carbocycles. The number of amides is 3. The summed E-state index contributed by atoms with van der Waals surface area (Å²) in [5.41, 5.74) is 1.03. The summed E-state index contributed by atoms with van der Waals surface area (Å²) in [7, 11) is 0. The van der Waals surface area contributed by atoms with Crippen LogP contribution in [0.25, 0.3) is 0 Å². The summed E-state index contributed by atoms with van der Waals surface area (Å²) in [4.78, 5) is 39.4. The summed E-state index contributed by atoms with van der Waals surface area (Å²) >= 11 is 0. The van der Waals surface area contributed by atoms with Crippen LogP contribution in [0.1, 0.15) is 38.7 Å². The highest BCUT2D eigenvalue weighted by atomic mass is 16.6. The van der Waals surface area contributed by atoms with Gasteiger partial charge >= 0.3 is 6.09 Å². The molecule has 1 heterocycles. The van der Waals surface area contributed by atoms with E-state index in [0.29, 0.717) is 50.3 Å². The maximum Gasteiger partial charge on any atom is 0.409 e. The fraction of sp³-hybridized carbons (Fsp3) is 0.500. The minimum absolute atomic E-state index is 0.00195. The summed E-state index contributed by atoms with van der Waals surface area (Å²) in [6, 6.07) is 8.71. The third-order valence-electron chi connectivity index (χ3n) is 4.69. The van der Waals surface area contributed by atoms with Gasteiger partial charge in [-0.3, -0.25) is 9.59 Å². The van der Waals surface area contributed by atoms with E-state index in [9.17, 15) is 14.4 Å². The molecule has 8 heteroatoms. The zero-order valence-electron chi connectivity index (χ0n) is 16.3. The smallest absolute Gasteiger partial charge is 0.409 e. The van der Waals surface area contributed by atoms with Crippen molar-refractivity contribution in [3.63, 3.8) is 0 Å². The fourth-order valence-corrected chi connectivity index (χ4v) is 3.28. The molecule has 1 aliphatic heterocycles. The second-order valence-corrected chi connectivity index (χ2v) is 6.62. The van der Waals surface area contributed by atoms with E-state index in [0.717, 1.165) is 0 Å². The lowest BCUT2D eigenvalue weighted by Crippen LogP contribution is -2.49. The van der Waals surface area contributed by atoms with E-state index in [4.69, 9.17) is 10.00 Å². The van der Waals surface area contributed by atoms with Crippen LogP contribution >= 0.6 is 0 Å². The number of carbonyl (C=O) groups excluding carboxylic acids is 3. The first-order chi connectivity index (χ1) is 13.4. The molecule has 0 spiro atoms. The number of anilines is 1. The van der Waals surface area contributed by atoms with Gasteiger partial charge in [0.1, 0.15) is 0 Å². The highest BCUT2D eigenvalue weighted by molar-refractivity contribution is 5.91. The van der Waals surface area contributed by atoms with Crippen LogP contribution in [0.3, 0.4) is 0 Å². The van der Waals surface area contributed by atoms with Crippen LogP contribution in [0, 0.1) is 11.3 Å². The van der Waals surface area contributed by atoms with E-state index in [-0.39, 0.29) is 30.4 Å². The minimum Gasteiger partial charge on any atom is -0.450 e. The summed E-state index contributed by atoms with van der Waals surface area (Å²) < 4.78 is 5.01. The van der Waals surface area contributed by atoms with Crippen molar-refractivity contribution in [1.82, 2.24) is 9.80 Å². The average Bonchev–Trinajstić information content (AvgIpc) is 2.68. The molecule has 8 nitrogen and oxygen atoms in total. The first kappa shape index (κ1) is 21.2. The Bertz CT molecular complexity index is 751. The molecule has 1 fully saturated rings. The lowest BCUT2D eigenvalue weighted by Gasteiger charge is -2.37. The van der Waals surface area contributed by atoms with Crippen molar-refractivity contribution >= 4 is 23.6 Å². The molecule has 0 atom stereocenters. The highest BCUT2D eigenvalue weighted by Gasteiger charge is 2.29. The molecule has 0 aromatic heterocycles. The number of hydrogen-bond donors (Lipinski definition) is 1. The number of benzene rings is 1. The molecule has 0 bridgehead atoms. The maximum absolute atomic E-state index is 12.2. The van der Waals surface area contributed by atoms with Gasteiger partial charge in [-0.15, -0.1) is 0 Å². The van der Waals surface area contributed by atoms with Crippen molar-refractivity contribution in [3.05, 3.63) is 29.8 Å². The van der Waals surface area contributed by atoms with E-state index in [2.05, 4.69) is 5.32 Å². The summed E-state index contributed by atoms with van der Waals surface area (Å²) in [5.74, 6) is -0.306. The third-order valence-corrected chi connectivity index (χ3v) is 4.69. The first-order valence-corrected chi connectivity index (χ1v) is 9.43. The molecule has 2 rings (SSSR count). The Morgan fingerprint density at radius 1 is 1.32 bits per heavy atom. The summed E-state index contributed by atoms with van der Waals surface area (Å²) in [5, 5.41) is 11.7. The molecule has 0 unspecified atom stereocenters. The standard InChI is InChI=1S/C20H26N4O4/c1-3-28-20(27)23-10-7-18(8-11-23)24(15(2)25)12-9-19(26)22-17-6-4-5-16(13-17)14-21/h4-6,13,18H,3,7-12H2,1-2H3,(H,22,26). The first-order valence-electron chi connectivity index (χ1n) is 9.43. The Morgan fingerprint density at radius 3 is 2.64 bits per heavy atom. The number of nitrogens with one attached hydrogen (secondary N) is 1. The van der Waals surface area contributed by atoms with Crippen LogP contribution in [0.5, 0.6) is 0 Å². The number of carbonyl (C=O) groups is 3. The molecule has 1 N–H and O–H groups in total. The Balaban J connectivity index is 1.86. The Morgan fingerprint density at radius 2 is 2.04 bits per heavy atom. The molecule has 1 aliphatic rings. The highest BCUT2D eigenvalue weighted by Crippen LogP contribution is 2.18. The van der Waals surface area contributed by atoms with E-state index >= 15 is 0 Å². The van der Waals surface area contributed by atoms with Crippen molar-refractivity contribution in [2.75, 3.05) is 31.6 Å². The van der Waals surface area contributed by atoms with Crippen molar-refractivity contribution in [2.45, 2.75) is 39.2 Å². The molecule has 150 valence electrons. The summed E-state index contributed by atoms with van der Waals surface area (Å²) in [6.07, 6.45) is 1.15. The van der Waals surface area contributed by atoms with Gasteiger partial charge in [-0.05, 0) is 38.0 Å². The number of ether oxygens (including phenoxy) is 1. The monoisotopic (exact) mass is 386 g/mol. The lowest BCUT2D eigenvalue weighted by atomic mass is 10.0. The average molecular weight is 386 g/mol. The van der Waals surface area contributed by atoms with Gasteiger partial charge in [-0.2, -0.15) is 5.26 Å². The minimum atomic E-state index is -0.325. The summed E-state index contributed by atoms with van der Waals surface area (Å²) in [6.45, 7) is 4.96. The molecule has 1 saturated heterocycles. The zero-order chi connectivity index (χ0) is 20.5. The van der Waals surface area contributed by atoms with Gasteiger partial charge in [0.15, 0.2) is 0 Å². The molecule has 1 aromatic carbocycles. The SMILES string of the molecule is CCOC(=O)N1CCC(N(CCC(=O)Nc2cccc(C#N)c2)C(C)=O)CC1. The number of nitrogens with zero attached hydrogens (tertiary/aromatic N) is 3. The molecule has 3 amide bonds. The topological polar surface area (TPSA) is 103 Å². The quantitative estimate of drug-likeness (QED) is 0.808.